The van der Waals surface area contributed by atoms with E-state index in [9.17, 15) is 0 Å². The molecule has 0 bridgehead atoms. The monoisotopic (exact) mass is 464 g/mol. The van der Waals surface area contributed by atoms with Gasteiger partial charge >= 0.3 is 0 Å². The molecule has 3 nitrogen and oxygen atoms in total. The molecule has 1 heterocycles. The van der Waals surface area contributed by atoms with Gasteiger partial charge in [0.05, 0.1) is 0 Å². The first kappa shape index (κ1) is 23.5. The summed E-state index contributed by atoms with van der Waals surface area (Å²) in [6, 6.07) is 28.2. The van der Waals surface area contributed by atoms with Crippen molar-refractivity contribution >= 4 is 0 Å². The molecule has 1 atom stereocenters. The van der Waals surface area contributed by atoms with Crippen LogP contribution in [0.2, 0.25) is 0 Å². The zero-order valence-electron chi connectivity index (χ0n) is 21.2. The number of hydrogen-bond acceptors (Lipinski definition) is 3. The number of benzene rings is 3. The quantitative estimate of drug-likeness (QED) is 0.236. The topological polar surface area (TPSA) is 38.9 Å². The highest BCUT2D eigenvalue weighted by Gasteiger charge is 2.36. The molecule has 0 saturated heterocycles. The SMILES string of the molecule is CCCCC(c1nc(Cc2ccccc2)no1)C(C)(C)CCC1c2ccccc2-c2ccccc21. The van der Waals surface area contributed by atoms with Gasteiger partial charge < -0.3 is 4.52 Å². The molecule has 4 aromatic rings. The number of nitrogens with zero attached hydrogens (tertiary/aromatic N) is 2. The molecule has 0 N–H and O–H groups in total. The van der Waals surface area contributed by atoms with Crippen molar-refractivity contribution in [2.45, 2.75) is 71.1 Å². The summed E-state index contributed by atoms with van der Waals surface area (Å²) in [6.07, 6.45) is 6.34. The highest BCUT2D eigenvalue weighted by atomic mass is 16.5. The van der Waals surface area contributed by atoms with Gasteiger partial charge in [0.25, 0.3) is 0 Å². The highest BCUT2D eigenvalue weighted by Crippen LogP contribution is 2.50. The number of aromatic nitrogens is 2. The van der Waals surface area contributed by atoms with Crippen LogP contribution in [0.3, 0.4) is 0 Å². The van der Waals surface area contributed by atoms with Crippen LogP contribution >= 0.6 is 0 Å². The van der Waals surface area contributed by atoms with E-state index in [2.05, 4.69) is 98.7 Å². The Morgan fingerprint density at radius 2 is 1.49 bits per heavy atom. The van der Waals surface area contributed by atoms with E-state index < -0.39 is 0 Å². The van der Waals surface area contributed by atoms with Gasteiger partial charge in [-0.15, -0.1) is 0 Å². The summed E-state index contributed by atoms with van der Waals surface area (Å²) < 4.78 is 5.91. The van der Waals surface area contributed by atoms with Crippen LogP contribution in [0.4, 0.5) is 0 Å². The largest absolute Gasteiger partial charge is 0.339 e. The molecule has 1 aliphatic carbocycles. The van der Waals surface area contributed by atoms with Crippen molar-refractivity contribution < 1.29 is 4.52 Å². The van der Waals surface area contributed by atoms with Crippen LogP contribution < -0.4 is 0 Å². The third-order valence-corrected chi connectivity index (χ3v) is 7.82. The van der Waals surface area contributed by atoms with Crippen LogP contribution in [0.15, 0.2) is 83.4 Å². The lowest BCUT2D eigenvalue weighted by atomic mass is 9.71. The second-order valence-electron chi connectivity index (χ2n) is 10.7. The van der Waals surface area contributed by atoms with Crippen LogP contribution in [0, 0.1) is 5.41 Å². The van der Waals surface area contributed by atoms with Crippen molar-refractivity contribution in [1.29, 1.82) is 0 Å². The zero-order valence-corrected chi connectivity index (χ0v) is 21.2. The predicted octanol–water partition coefficient (Wildman–Crippen LogP) is 8.55. The maximum Gasteiger partial charge on any atom is 0.230 e. The Bertz CT molecular complexity index is 1210. The first-order chi connectivity index (χ1) is 17.1. The van der Waals surface area contributed by atoms with Gasteiger partial charge in [-0.2, -0.15) is 4.98 Å². The fourth-order valence-corrected chi connectivity index (χ4v) is 5.78. The Morgan fingerprint density at radius 1 is 0.857 bits per heavy atom. The minimum absolute atomic E-state index is 0.0538. The average Bonchev–Trinajstić information content (AvgIpc) is 3.46. The molecule has 5 rings (SSSR count). The summed E-state index contributed by atoms with van der Waals surface area (Å²) in [6.45, 7) is 7.04. The van der Waals surface area contributed by atoms with E-state index in [4.69, 9.17) is 9.51 Å². The van der Waals surface area contributed by atoms with E-state index in [-0.39, 0.29) is 11.3 Å². The Hall–Kier alpha value is -3.20. The summed E-state index contributed by atoms with van der Waals surface area (Å²) in [5, 5.41) is 4.36. The Kier molecular flexibility index (Phi) is 6.86. The van der Waals surface area contributed by atoms with E-state index >= 15 is 0 Å². The summed E-state index contributed by atoms with van der Waals surface area (Å²) in [4.78, 5) is 4.90. The minimum atomic E-state index is 0.0538. The first-order valence-corrected chi connectivity index (χ1v) is 13.1. The van der Waals surface area contributed by atoms with Crippen LogP contribution in [-0.4, -0.2) is 10.1 Å². The Morgan fingerprint density at radius 3 is 2.14 bits per heavy atom. The third kappa shape index (κ3) is 4.96. The van der Waals surface area contributed by atoms with E-state index in [0.717, 1.165) is 31.0 Å². The van der Waals surface area contributed by atoms with E-state index in [1.54, 1.807) is 0 Å². The van der Waals surface area contributed by atoms with E-state index in [0.29, 0.717) is 12.3 Å². The molecule has 0 saturated carbocycles. The molecule has 0 radical (unpaired) electrons. The normalized spacial score (nSPS) is 14.0. The van der Waals surface area contributed by atoms with Gasteiger partial charge in [0.1, 0.15) is 0 Å². The molecule has 3 aromatic carbocycles. The van der Waals surface area contributed by atoms with Gasteiger partial charge in [0.2, 0.25) is 5.89 Å². The van der Waals surface area contributed by atoms with Crippen molar-refractivity contribution in [3.8, 4) is 11.1 Å². The molecule has 35 heavy (non-hydrogen) atoms. The second-order valence-corrected chi connectivity index (χ2v) is 10.7. The van der Waals surface area contributed by atoms with Gasteiger partial charge in [-0.05, 0) is 52.5 Å². The summed E-state index contributed by atoms with van der Waals surface area (Å²) in [5.41, 5.74) is 7.00. The third-order valence-electron chi connectivity index (χ3n) is 7.82. The molecule has 0 spiro atoms. The van der Waals surface area contributed by atoms with Crippen molar-refractivity contribution in [2.75, 3.05) is 0 Å². The molecule has 0 amide bonds. The van der Waals surface area contributed by atoms with E-state index in [1.807, 2.05) is 6.07 Å². The molecule has 1 aliphatic rings. The maximum absolute atomic E-state index is 5.91. The molecule has 1 aromatic heterocycles. The molecule has 0 aliphatic heterocycles. The number of unbranched alkanes of at least 4 members (excludes halogenated alkanes) is 1. The van der Waals surface area contributed by atoms with Crippen molar-refractivity contribution in [3.63, 3.8) is 0 Å². The molecular weight excluding hydrogens is 428 g/mol. The van der Waals surface area contributed by atoms with Gasteiger partial charge in [0.15, 0.2) is 5.82 Å². The standard InChI is InChI=1S/C32H36N2O/c1-4-5-19-29(31-33-30(34-35-31)22-23-13-7-6-8-14-23)32(2,3)21-20-28-26-17-11-9-15-24(26)25-16-10-12-18-27(25)28/h6-18,28-29H,4-5,19-22H2,1-3H3. The second kappa shape index (κ2) is 10.2. The number of rotatable bonds is 10. The smallest absolute Gasteiger partial charge is 0.230 e. The lowest BCUT2D eigenvalue weighted by Crippen LogP contribution is -2.24. The maximum atomic E-state index is 5.91. The minimum Gasteiger partial charge on any atom is -0.339 e. The molecular formula is C32H36N2O. The zero-order chi connectivity index (χ0) is 24.3. The molecule has 0 fully saturated rings. The fraction of sp³-hybridized carbons (Fsp3) is 0.375. The van der Waals surface area contributed by atoms with Gasteiger partial charge in [-0.25, -0.2) is 0 Å². The van der Waals surface area contributed by atoms with Crippen LogP contribution in [0.5, 0.6) is 0 Å². The van der Waals surface area contributed by atoms with Crippen molar-refractivity contribution in [3.05, 3.63) is 107 Å². The van der Waals surface area contributed by atoms with E-state index in [1.165, 1.54) is 40.7 Å². The average molecular weight is 465 g/mol. The van der Waals surface area contributed by atoms with Crippen LogP contribution in [0.1, 0.15) is 93.1 Å². The van der Waals surface area contributed by atoms with Gasteiger partial charge in [0, 0.05) is 18.3 Å². The summed E-state index contributed by atoms with van der Waals surface area (Å²) >= 11 is 0. The molecule has 3 heteroatoms. The lowest BCUT2D eigenvalue weighted by molar-refractivity contribution is 0.194. The van der Waals surface area contributed by atoms with Gasteiger partial charge in [-0.3, -0.25) is 0 Å². The first-order valence-electron chi connectivity index (χ1n) is 13.1. The fourth-order valence-electron chi connectivity index (χ4n) is 5.78. The van der Waals surface area contributed by atoms with Crippen molar-refractivity contribution in [2.24, 2.45) is 5.41 Å². The lowest BCUT2D eigenvalue weighted by Gasteiger charge is -2.33. The Balaban J connectivity index is 1.36. The Labute approximate surface area is 209 Å². The molecule has 1 unspecified atom stereocenters. The highest BCUT2D eigenvalue weighted by molar-refractivity contribution is 5.78. The predicted molar refractivity (Wildman–Crippen MR) is 143 cm³/mol. The molecule has 180 valence electrons. The number of fused-ring (bicyclic) bond motifs is 3. The van der Waals surface area contributed by atoms with Crippen LogP contribution in [0.25, 0.3) is 11.1 Å². The number of hydrogen-bond donors (Lipinski definition) is 0. The summed E-state index contributed by atoms with van der Waals surface area (Å²) in [7, 11) is 0. The van der Waals surface area contributed by atoms with Crippen LogP contribution in [-0.2, 0) is 6.42 Å². The van der Waals surface area contributed by atoms with Gasteiger partial charge in [-0.1, -0.05) is 118 Å². The summed E-state index contributed by atoms with van der Waals surface area (Å²) in [5.74, 6) is 2.29. The van der Waals surface area contributed by atoms with Crippen molar-refractivity contribution in [1.82, 2.24) is 10.1 Å².